The monoisotopic (exact) mass is 1060 g/mol. The van der Waals surface area contributed by atoms with Crippen LogP contribution in [0.25, 0.3) is 0 Å². The number of fused-ring (bicyclic) bond motifs is 2. The number of hydrogen-bond acceptors (Lipinski definition) is 14. The maximum absolute atomic E-state index is 14.9. The van der Waals surface area contributed by atoms with Gasteiger partial charge in [-0.2, -0.15) is 0 Å². The lowest BCUT2D eigenvalue weighted by Crippen LogP contribution is -2.65. The van der Waals surface area contributed by atoms with Gasteiger partial charge in [0.2, 0.25) is 47.3 Å². The summed E-state index contributed by atoms with van der Waals surface area (Å²) in [5, 5.41) is 55.1. The van der Waals surface area contributed by atoms with E-state index in [0.29, 0.717) is 23.1 Å². The molecule has 11 atom stereocenters. The van der Waals surface area contributed by atoms with Crippen LogP contribution in [0.15, 0.2) is 78.9 Å². The molecule has 0 saturated carbocycles. The number of piperidine rings is 1. The van der Waals surface area contributed by atoms with Crippen LogP contribution in [-0.4, -0.2) is 151 Å². The molecule has 22 heteroatoms. The molecule has 3 aromatic carbocycles. The average Bonchev–Trinajstić information content (AvgIpc) is 3.38. The van der Waals surface area contributed by atoms with Gasteiger partial charge in [0.25, 0.3) is 0 Å². The Kier molecular flexibility index (Phi) is 21.3. The first-order chi connectivity index (χ1) is 36.0. The van der Waals surface area contributed by atoms with Gasteiger partial charge in [0, 0.05) is 32.7 Å². The van der Waals surface area contributed by atoms with Crippen molar-refractivity contribution in [2.75, 3.05) is 7.05 Å². The number of aliphatic hydroxyl groups excluding tert-OH is 2. The fourth-order valence-corrected chi connectivity index (χ4v) is 9.09. The van der Waals surface area contributed by atoms with Crippen LogP contribution in [0.5, 0.6) is 11.5 Å². The molecule has 3 aromatic rings. The summed E-state index contributed by atoms with van der Waals surface area (Å²) in [5.41, 5.74) is 6.93. The molecular formula is C54H72N8O14. The third kappa shape index (κ3) is 16.2. The van der Waals surface area contributed by atoms with Crippen LogP contribution in [0.3, 0.4) is 0 Å². The number of benzene rings is 3. The molecular weight excluding hydrogens is 985 g/mol. The van der Waals surface area contributed by atoms with Crippen LogP contribution in [0.4, 0.5) is 0 Å². The first-order valence-electron chi connectivity index (χ1n) is 25.5. The highest BCUT2D eigenvalue weighted by Crippen LogP contribution is 2.27. The van der Waals surface area contributed by atoms with Gasteiger partial charge in [-0.1, -0.05) is 88.7 Å². The molecule has 76 heavy (non-hydrogen) atoms. The van der Waals surface area contributed by atoms with Crippen molar-refractivity contribution in [2.24, 2.45) is 17.6 Å². The van der Waals surface area contributed by atoms with Crippen molar-refractivity contribution in [1.29, 1.82) is 0 Å². The number of aromatic hydroxyl groups is 2. The molecule has 2 bridgehead atoms. The van der Waals surface area contributed by atoms with Gasteiger partial charge in [0.05, 0.1) is 0 Å². The molecule has 2 saturated heterocycles. The fourth-order valence-electron chi connectivity index (χ4n) is 9.09. The van der Waals surface area contributed by atoms with Crippen LogP contribution in [0, 0.1) is 11.8 Å². The fraction of sp³-hybridized carbons (Fsp3) is 0.500. The van der Waals surface area contributed by atoms with Crippen molar-refractivity contribution >= 4 is 53.2 Å². The second-order valence-electron chi connectivity index (χ2n) is 20.0. The number of carbonyl (C=O) groups excluding carboxylic acids is 9. The molecule has 0 aromatic heterocycles. The number of likely N-dealkylation sites (N-methyl/N-ethyl adjacent to an activating group) is 1. The zero-order valence-corrected chi connectivity index (χ0v) is 43.6. The third-order valence-electron chi connectivity index (χ3n) is 13.7. The molecule has 8 amide bonds. The lowest BCUT2D eigenvalue weighted by molar-refractivity contribution is -0.166. The van der Waals surface area contributed by atoms with Gasteiger partial charge < -0.3 is 67.3 Å². The highest BCUT2D eigenvalue weighted by molar-refractivity contribution is 5.98. The quantitative estimate of drug-likeness (QED) is 0.0817. The number of hydrogen-bond donors (Lipinski definition) is 10. The summed E-state index contributed by atoms with van der Waals surface area (Å²) in [6, 6.07) is 9.45. The molecule has 2 heterocycles. The Morgan fingerprint density at radius 1 is 0.763 bits per heavy atom. The minimum atomic E-state index is -1.91. The smallest absolute Gasteiger partial charge is 0.329 e. The van der Waals surface area contributed by atoms with Gasteiger partial charge in [0.15, 0.2) is 0 Å². The van der Waals surface area contributed by atoms with Crippen molar-refractivity contribution in [3.63, 3.8) is 0 Å². The lowest BCUT2D eigenvalue weighted by Gasteiger charge is -2.43. The summed E-state index contributed by atoms with van der Waals surface area (Å²) in [4.78, 5) is 130. The first kappa shape index (κ1) is 59.3. The second-order valence-corrected chi connectivity index (χ2v) is 20.0. The van der Waals surface area contributed by atoms with E-state index in [0.717, 1.165) is 4.90 Å². The van der Waals surface area contributed by atoms with E-state index in [4.69, 9.17) is 10.5 Å². The summed E-state index contributed by atoms with van der Waals surface area (Å²) >= 11 is 0. The van der Waals surface area contributed by atoms with Crippen molar-refractivity contribution in [3.05, 3.63) is 95.6 Å². The summed E-state index contributed by atoms with van der Waals surface area (Å²) in [6.07, 6.45) is -6.21. The average molecular weight is 1060 g/mol. The number of cyclic esters (lactones) is 1. The lowest BCUT2D eigenvalue weighted by atomic mass is 9.94. The second kappa shape index (κ2) is 27.3. The van der Waals surface area contributed by atoms with E-state index in [-0.39, 0.29) is 55.9 Å². The number of nitrogens with two attached hydrogens (primary N) is 1. The summed E-state index contributed by atoms with van der Waals surface area (Å²) in [6.45, 7) is 8.30. The standard InChI is InChI=1S/C54H72N8O14/c1-7-30(4)45-54(75)76-31(5)46(60-47(68)37(21-23-43(55)66)56-50(71)42(65)28-34-15-19-36(64)20-16-34)51(72)58-39(26-33-13-17-35(63)18-14-33)48(69)57-38-22-24-44(67)62(52(38)73)41(25-29(2)3)53(74)61(6)40(49(70)59-45)27-32-11-9-8-10-12-32/h8-20,29-31,37-42,44-46,63-65,67H,7,21-28H2,1-6H3,(H2,55,66)(H,56,71)(H,57,69)(H,58,72)(H,59,70)(H,60,68)/t30-,31+,37-,38-,39-,40-,41-,42+,44+,45-,46-/m0/s1. The number of amides is 8. The zero-order valence-electron chi connectivity index (χ0n) is 43.6. The van der Waals surface area contributed by atoms with Crippen molar-refractivity contribution < 1.29 is 68.3 Å². The molecule has 2 aliphatic rings. The highest BCUT2D eigenvalue weighted by Gasteiger charge is 2.46. The normalized spacial score (nSPS) is 24.3. The van der Waals surface area contributed by atoms with E-state index in [1.54, 1.807) is 44.2 Å². The van der Waals surface area contributed by atoms with E-state index >= 15 is 0 Å². The summed E-state index contributed by atoms with van der Waals surface area (Å²) < 4.78 is 5.96. The SMILES string of the molecule is CC[C@H](C)[C@@H]1NC(=O)[C@H](Cc2ccccc2)N(C)C(=O)[C@H](CC(C)C)N2C(=O)[C@H](CC[C@H]2O)NC(=O)[C@H](Cc2ccc(O)cc2)NC(=O)[C@@H](NC(=O)[C@H](CCC(N)=O)NC(=O)[C@H](O)Cc2ccc(O)cc2)[C@@H](C)OC1=O. The van der Waals surface area contributed by atoms with Crippen LogP contribution in [0.2, 0.25) is 0 Å². The maximum atomic E-state index is 14.9. The number of primary amides is 1. The van der Waals surface area contributed by atoms with E-state index in [1.165, 1.54) is 67.4 Å². The van der Waals surface area contributed by atoms with Crippen LogP contribution in [0.1, 0.15) is 89.8 Å². The number of ether oxygens (including phenoxy) is 1. The van der Waals surface area contributed by atoms with E-state index in [9.17, 15) is 63.6 Å². The summed E-state index contributed by atoms with van der Waals surface area (Å²) in [7, 11) is 1.39. The predicted octanol–water partition coefficient (Wildman–Crippen LogP) is 0.350. The number of esters is 1. The maximum Gasteiger partial charge on any atom is 0.329 e. The minimum absolute atomic E-state index is 0.0339. The van der Waals surface area contributed by atoms with Gasteiger partial charge in [-0.25, -0.2) is 4.79 Å². The third-order valence-corrected chi connectivity index (χ3v) is 13.7. The molecule has 0 unspecified atom stereocenters. The van der Waals surface area contributed by atoms with Crippen molar-refractivity contribution in [1.82, 2.24) is 36.4 Å². The van der Waals surface area contributed by atoms with Gasteiger partial charge in [-0.3, -0.25) is 38.4 Å². The number of carbonyl (C=O) groups is 9. The molecule has 2 fully saturated rings. The van der Waals surface area contributed by atoms with E-state index in [1.807, 2.05) is 13.8 Å². The molecule has 22 nitrogen and oxygen atoms in total. The Morgan fingerprint density at radius 2 is 1.37 bits per heavy atom. The molecule has 0 aliphatic carbocycles. The Labute approximate surface area is 441 Å². The van der Waals surface area contributed by atoms with Crippen LogP contribution in [-0.2, 0) is 67.2 Å². The Hall–Kier alpha value is -7.59. The molecule has 2 aliphatic heterocycles. The number of nitrogens with zero attached hydrogens (tertiary/aromatic N) is 2. The number of phenols is 2. The predicted molar refractivity (Wildman–Crippen MR) is 275 cm³/mol. The van der Waals surface area contributed by atoms with Gasteiger partial charge in [-0.05, 0) is 85.4 Å². The molecule has 5 rings (SSSR count). The van der Waals surface area contributed by atoms with Crippen LogP contribution >= 0.6 is 0 Å². The van der Waals surface area contributed by atoms with Crippen LogP contribution < -0.4 is 32.3 Å². The topological polar surface area (TPSA) is 336 Å². The van der Waals surface area contributed by atoms with E-state index < -0.39 is 133 Å². The molecule has 11 N–H and O–H groups in total. The summed E-state index contributed by atoms with van der Waals surface area (Å²) in [5.74, 6) is -9.50. The van der Waals surface area contributed by atoms with Gasteiger partial charge >= 0.3 is 5.97 Å². The zero-order chi connectivity index (χ0) is 56.0. The van der Waals surface area contributed by atoms with E-state index in [2.05, 4.69) is 26.6 Å². The Bertz CT molecular complexity index is 2530. The van der Waals surface area contributed by atoms with Gasteiger partial charge in [0.1, 0.15) is 72.2 Å². The number of phenolic OH excluding ortho intramolecular Hbond substituents is 2. The van der Waals surface area contributed by atoms with Crippen molar-refractivity contribution in [3.8, 4) is 11.5 Å². The van der Waals surface area contributed by atoms with Crippen molar-refractivity contribution in [2.45, 2.75) is 153 Å². The highest BCUT2D eigenvalue weighted by atomic mass is 16.5. The minimum Gasteiger partial charge on any atom is -0.508 e. The molecule has 412 valence electrons. The van der Waals surface area contributed by atoms with Gasteiger partial charge in [-0.15, -0.1) is 0 Å². The number of rotatable bonds is 17. The first-order valence-corrected chi connectivity index (χ1v) is 25.5. The number of nitrogens with one attached hydrogen (secondary N) is 5. The largest absolute Gasteiger partial charge is 0.508 e. The molecule has 0 radical (unpaired) electrons. The Balaban J connectivity index is 1.61. The number of aliphatic hydroxyl groups is 2. The Morgan fingerprint density at radius 3 is 1.96 bits per heavy atom. The molecule has 0 spiro atoms.